The average molecular weight is 354 g/mol. The molecule has 2 aromatic rings. The van der Waals surface area contributed by atoms with Gasteiger partial charge in [0.1, 0.15) is 0 Å². The predicted molar refractivity (Wildman–Crippen MR) is 105 cm³/mol. The second kappa shape index (κ2) is 7.65. The van der Waals surface area contributed by atoms with Crippen LogP contribution >= 0.6 is 0 Å². The van der Waals surface area contributed by atoms with E-state index < -0.39 is 0 Å². The molecular weight excluding hydrogens is 322 g/mol. The third kappa shape index (κ3) is 3.84. The molecule has 1 heterocycles. The quantitative estimate of drug-likeness (QED) is 0.807. The van der Waals surface area contributed by atoms with Gasteiger partial charge in [-0.1, -0.05) is 44.2 Å². The first kappa shape index (κ1) is 18.7. The van der Waals surface area contributed by atoms with E-state index in [0.29, 0.717) is 12.3 Å². The molecule has 1 fully saturated rings. The van der Waals surface area contributed by atoms with E-state index in [1.807, 2.05) is 6.07 Å². The minimum Gasteiger partial charge on any atom is -0.347 e. The summed E-state index contributed by atoms with van der Waals surface area (Å²) >= 11 is 0. The Balaban J connectivity index is 1.64. The van der Waals surface area contributed by atoms with E-state index in [1.165, 1.54) is 23.2 Å². The van der Waals surface area contributed by atoms with Gasteiger partial charge in [0.05, 0.1) is 11.2 Å². The Bertz CT molecular complexity index is 757. The van der Waals surface area contributed by atoms with Crippen molar-refractivity contribution >= 4 is 5.91 Å². The molecule has 0 radical (unpaired) electrons. The number of aromatic nitrogens is 2. The first-order chi connectivity index (χ1) is 12.4. The van der Waals surface area contributed by atoms with E-state index in [0.717, 1.165) is 31.5 Å². The number of carbonyl (C=O) groups excluding carboxylic acids is 1. The molecule has 140 valence electrons. The highest BCUT2D eigenvalue weighted by Crippen LogP contribution is 2.41. The van der Waals surface area contributed by atoms with E-state index in [9.17, 15) is 4.79 Å². The fourth-order valence-corrected chi connectivity index (χ4v) is 3.96. The number of hydrogen-bond acceptors (Lipinski definition) is 2. The Morgan fingerprint density at radius 3 is 2.50 bits per heavy atom. The molecule has 0 atom stereocenters. The number of nitrogens with one attached hydrogen (secondary N) is 1. The zero-order chi connectivity index (χ0) is 18.7. The van der Waals surface area contributed by atoms with Crippen LogP contribution in [0, 0.1) is 19.8 Å². The van der Waals surface area contributed by atoms with Gasteiger partial charge in [0.15, 0.2) is 0 Å². The van der Waals surface area contributed by atoms with Gasteiger partial charge in [-0.25, -0.2) is 0 Å². The Labute approximate surface area is 157 Å². The highest BCUT2D eigenvalue weighted by molar-refractivity contribution is 5.77. The first-order valence-electron chi connectivity index (χ1n) is 9.81. The molecule has 0 unspecified atom stereocenters. The summed E-state index contributed by atoms with van der Waals surface area (Å²) in [6.45, 7) is 9.49. The Kier molecular flexibility index (Phi) is 5.49. The largest absolute Gasteiger partial charge is 0.347 e. The van der Waals surface area contributed by atoms with E-state index in [4.69, 9.17) is 0 Å². The Morgan fingerprint density at radius 2 is 1.92 bits per heavy atom. The lowest BCUT2D eigenvalue weighted by atomic mass is 9.71. The molecule has 4 nitrogen and oxygen atoms in total. The lowest BCUT2D eigenvalue weighted by Crippen LogP contribution is -2.50. The van der Waals surface area contributed by atoms with Crippen LogP contribution in [0.4, 0.5) is 0 Å². The van der Waals surface area contributed by atoms with Gasteiger partial charge >= 0.3 is 0 Å². The molecule has 1 aromatic carbocycles. The highest BCUT2D eigenvalue weighted by Gasteiger charge is 2.39. The topological polar surface area (TPSA) is 46.9 Å². The van der Waals surface area contributed by atoms with Crippen LogP contribution in [0.3, 0.4) is 0 Å². The van der Waals surface area contributed by atoms with Gasteiger partial charge in [0.25, 0.3) is 0 Å². The fraction of sp³-hybridized carbons (Fsp3) is 0.545. The molecule has 0 bridgehead atoms. The van der Waals surface area contributed by atoms with Gasteiger partial charge < -0.3 is 5.32 Å². The lowest BCUT2D eigenvalue weighted by Gasteiger charge is -2.43. The summed E-state index contributed by atoms with van der Waals surface area (Å²) in [7, 11) is 0. The van der Waals surface area contributed by atoms with Crippen LogP contribution < -0.4 is 5.32 Å². The number of aryl methyl sites for hydroxylation is 1. The predicted octanol–water partition coefficient (Wildman–Crippen LogP) is 4.28. The highest BCUT2D eigenvalue weighted by atomic mass is 16.1. The van der Waals surface area contributed by atoms with Crippen molar-refractivity contribution in [2.75, 3.05) is 0 Å². The molecule has 1 amide bonds. The zero-order valence-electron chi connectivity index (χ0n) is 16.5. The van der Waals surface area contributed by atoms with Gasteiger partial charge in [0.2, 0.25) is 5.91 Å². The maximum atomic E-state index is 12.7. The molecule has 1 aromatic heterocycles. The first-order valence-corrected chi connectivity index (χ1v) is 9.81. The summed E-state index contributed by atoms with van der Waals surface area (Å²) in [4.78, 5) is 12.7. The molecule has 1 N–H and O–H groups in total. The summed E-state index contributed by atoms with van der Waals surface area (Å²) in [6.07, 6.45) is 4.52. The van der Waals surface area contributed by atoms with Crippen molar-refractivity contribution in [1.29, 1.82) is 0 Å². The van der Waals surface area contributed by atoms with Crippen LogP contribution in [-0.4, -0.2) is 15.7 Å². The molecular formula is C22H31N3O. The summed E-state index contributed by atoms with van der Waals surface area (Å²) in [6, 6.07) is 10.4. The number of amides is 1. The third-order valence-corrected chi connectivity index (χ3v) is 5.58. The fourth-order valence-electron chi connectivity index (χ4n) is 3.96. The summed E-state index contributed by atoms with van der Waals surface area (Å²) in [5, 5.41) is 7.99. The van der Waals surface area contributed by atoms with Crippen molar-refractivity contribution in [3.63, 3.8) is 0 Å². The van der Waals surface area contributed by atoms with Crippen LogP contribution in [0.25, 0.3) is 0 Å². The zero-order valence-corrected chi connectivity index (χ0v) is 16.5. The van der Waals surface area contributed by atoms with Crippen molar-refractivity contribution < 1.29 is 4.79 Å². The maximum Gasteiger partial charge on any atom is 0.221 e. The lowest BCUT2D eigenvalue weighted by molar-refractivity contribution is -0.124. The minimum absolute atomic E-state index is 0.143. The molecule has 1 saturated carbocycles. The number of hydrogen-bond donors (Lipinski definition) is 1. The minimum atomic E-state index is -0.149. The Morgan fingerprint density at radius 1 is 1.23 bits per heavy atom. The molecule has 1 aliphatic rings. The van der Waals surface area contributed by atoms with Gasteiger partial charge in [0, 0.05) is 18.7 Å². The summed E-state index contributed by atoms with van der Waals surface area (Å²) < 4.78 is 2.09. The SMILES string of the molecule is Cc1nn(CC(C)C)c(C)c1CCC(=O)NC1(c2ccccc2)CCC1. The Hall–Kier alpha value is -2.10. The summed E-state index contributed by atoms with van der Waals surface area (Å²) in [5.74, 6) is 0.706. The van der Waals surface area contributed by atoms with Crippen molar-refractivity contribution in [2.24, 2.45) is 5.92 Å². The van der Waals surface area contributed by atoms with Crippen molar-refractivity contribution in [2.45, 2.75) is 71.9 Å². The third-order valence-electron chi connectivity index (χ3n) is 5.58. The number of benzene rings is 1. The van der Waals surface area contributed by atoms with Gasteiger partial charge in [-0.2, -0.15) is 5.10 Å². The number of carbonyl (C=O) groups is 1. The summed E-state index contributed by atoms with van der Waals surface area (Å²) in [5.41, 5.74) is 4.56. The monoisotopic (exact) mass is 353 g/mol. The van der Waals surface area contributed by atoms with Crippen molar-refractivity contribution in [3.8, 4) is 0 Å². The van der Waals surface area contributed by atoms with Crippen LogP contribution in [0.15, 0.2) is 30.3 Å². The number of rotatable bonds is 7. The second-order valence-corrected chi connectivity index (χ2v) is 8.08. The van der Waals surface area contributed by atoms with Crippen LogP contribution in [0.1, 0.15) is 62.0 Å². The molecule has 26 heavy (non-hydrogen) atoms. The smallest absolute Gasteiger partial charge is 0.221 e. The normalized spacial score (nSPS) is 15.7. The molecule has 4 heteroatoms. The van der Waals surface area contributed by atoms with Gasteiger partial charge in [-0.3, -0.25) is 9.48 Å². The molecule has 0 aliphatic heterocycles. The second-order valence-electron chi connectivity index (χ2n) is 8.08. The molecule has 3 rings (SSSR count). The van der Waals surface area contributed by atoms with E-state index in [1.54, 1.807) is 0 Å². The standard InChI is InChI=1S/C22H31N3O/c1-16(2)15-25-18(4)20(17(3)24-25)11-12-21(26)23-22(13-8-14-22)19-9-6-5-7-10-19/h5-7,9-10,16H,8,11-15H2,1-4H3,(H,23,26). The van der Waals surface area contributed by atoms with E-state index in [-0.39, 0.29) is 11.4 Å². The molecule has 1 aliphatic carbocycles. The van der Waals surface area contributed by atoms with Crippen LogP contribution in [0.2, 0.25) is 0 Å². The van der Waals surface area contributed by atoms with E-state index >= 15 is 0 Å². The van der Waals surface area contributed by atoms with Crippen LogP contribution in [0.5, 0.6) is 0 Å². The van der Waals surface area contributed by atoms with Crippen LogP contribution in [-0.2, 0) is 23.3 Å². The van der Waals surface area contributed by atoms with Crippen molar-refractivity contribution in [1.82, 2.24) is 15.1 Å². The maximum absolute atomic E-state index is 12.7. The number of nitrogens with zero attached hydrogens (tertiary/aromatic N) is 2. The molecule has 0 spiro atoms. The van der Waals surface area contributed by atoms with Gasteiger partial charge in [-0.15, -0.1) is 0 Å². The average Bonchev–Trinajstić information content (AvgIpc) is 2.83. The van der Waals surface area contributed by atoms with Gasteiger partial charge in [-0.05, 0) is 56.6 Å². The van der Waals surface area contributed by atoms with Crippen molar-refractivity contribution in [3.05, 3.63) is 52.8 Å². The molecule has 0 saturated heterocycles. The van der Waals surface area contributed by atoms with E-state index in [2.05, 4.69) is 67.1 Å².